The van der Waals surface area contributed by atoms with Crippen LogP contribution in [-0.4, -0.2) is 5.97 Å². The van der Waals surface area contributed by atoms with Crippen LogP contribution in [0.1, 0.15) is 24.0 Å². The molecule has 0 bridgehead atoms. The number of ether oxygens (including phenoxy) is 1. The van der Waals surface area contributed by atoms with Crippen LogP contribution in [-0.2, 0) is 16.1 Å². The van der Waals surface area contributed by atoms with E-state index in [0.29, 0.717) is 21.6 Å². The second-order valence-electron chi connectivity index (χ2n) is 5.07. The van der Waals surface area contributed by atoms with Gasteiger partial charge in [0.15, 0.2) is 0 Å². The smallest absolute Gasteiger partial charge is 0.336 e. The Kier molecular flexibility index (Phi) is 3.26. The van der Waals surface area contributed by atoms with Crippen LogP contribution in [0.4, 0.5) is 0 Å². The lowest BCUT2D eigenvalue weighted by Crippen LogP contribution is -2.08. The van der Waals surface area contributed by atoms with Gasteiger partial charge in [0.2, 0.25) is 0 Å². The van der Waals surface area contributed by atoms with Gasteiger partial charge in [-0.3, -0.25) is 4.79 Å². The van der Waals surface area contributed by atoms with Crippen LogP contribution in [0.3, 0.4) is 0 Å². The summed E-state index contributed by atoms with van der Waals surface area (Å²) in [6, 6.07) is 4.79. The number of aryl methyl sites for hydroxylation is 1. The Morgan fingerprint density at radius 2 is 2.15 bits per heavy atom. The van der Waals surface area contributed by atoms with Crippen LogP contribution < -0.4 is 5.63 Å². The zero-order valence-electron chi connectivity index (χ0n) is 10.9. The Labute approximate surface area is 120 Å². The summed E-state index contributed by atoms with van der Waals surface area (Å²) in [6.45, 7) is 1.90. The lowest BCUT2D eigenvalue weighted by Gasteiger charge is -2.08. The number of carbonyl (C=O) groups is 1. The zero-order chi connectivity index (χ0) is 14.3. The van der Waals surface area contributed by atoms with Gasteiger partial charge in [0.25, 0.3) is 0 Å². The molecule has 1 aliphatic rings. The number of hydrogen-bond acceptors (Lipinski definition) is 4. The summed E-state index contributed by atoms with van der Waals surface area (Å²) in [5.41, 5.74) is 1.44. The van der Waals surface area contributed by atoms with E-state index in [-0.39, 0.29) is 18.5 Å². The van der Waals surface area contributed by atoms with Gasteiger partial charge in [-0.05, 0) is 37.5 Å². The SMILES string of the molecule is Cc1cc2oc(=O)cc(COC(=O)C3CC3)c2cc1Cl. The van der Waals surface area contributed by atoms with E-state index >= 15 is 0 Å². The van der Waals surface area contributed by atoms with E-state index < -0.39 is 5.63 Å². The molecule has 20 heavy (non-hydrogen) atoms. The molecule has 2 aromatic rings. The summed E-state index contributed by atoms with van der Waals surface area (Å²) in [5, 5.41) is 1.28. The molecule has 0 spiro atoms. The molecule has 5 heteroatoms. The highest BCUT2D eigenvalue weighted by molar-refractivity contribution is 6.32. The van der Waals surface area contributed by atoms with E-state index in [9.17, 15) is 9.59 Å². The molecule has 0 aliphatic heterocycles. The molecule has 0 saturated heterocycles. The topological polar surface area (TPSA) is 56.5 Å². The molecule has 0 amide bonds. The fraction of sp³-hybridized carbons (Fsp3) is 0.333. The molecule has 1 fully saturated rings. The Balaban J connectivity index is 1.97. The van der Waals surface area contributed by atoms with Gasteiger partial charge < -0.3 is 9.15 Å². The third-order valence-electron chi connectivity index (χ3n) is 3.39. The minimum atomic E-state index is -0.461. The maximum atomic E-state index is 11.6. The van der Waals surface area contributed by atoms with Crippen molar-refractivity contribution in [1.82, 2.24) is 0 Å². The third-order valence-corrected chi connectivity index (χ3v) is 3.80. The quantitative estimate of drug-likeness (QED) is 0.644. The molecule has 104 valence electrons. The second kappa shape index (κ2) is 4.94. The summed E-state index contributed by atoms with van der Waals surface area (Å²) in [6.07, 6.45) is 1.78. The largest absolute Gasteiger partial charge is 0.461 e. The number of halogens is 1. The Morgan fingerprint density at radius 1 is 1.40 bits per heavy atom. The second-order valence-corrected chi connectivity index (χ2v) is 5.48. The maximum Gasteiger partial charge on any atom is 0.336 e. The molecule has 0 unspecified atom stereocenters. The van der Waals surface area contributed by atoms with Crippen molar-refractivity contribution in [3.63, 3.8) is 0 Å². The van der Waals surface area contributed by atoms with Crippen LogP contribution in [0.15, 0.2) is 27.4 Å². The van der Waals surface area contributed by atoms with Gasteiger partial charge in [0.1, 0.15) is 12.2 Å². The van der Waals surface area contributed by atoms with Crippen molar-refractivity contribution in [3.05, 3.63) is 44.8 Å². The van der Waals surface area contributed by atoms with Gasteiger partial charge in [0.05, 0.1) is 5.92 Å². The fourth-order valence-corrected chi connectivity index (χ4v) is 2.22. The lowest BCUT2D eigenvalue weighted by molar-refractivity contribution is -0.146. The van der Waals surface area contributed by atoms with Crippen LogP contribution in [0.2, 0.25) is 5.02 Å². The first-order chi connectivity index (χ1) is 9.54. The van der Waals surface area contributed by atoms with Gasteiger partial charge >= 0.3 is 11.6 Å². The minimum Gasteiger partial charge on any atom is -0.461 e. The monoisotopic (exact) mass is 292 g/mol. The summed E-state index contributed by atoms with van der Waals surface area (Å²) in [5.74, 6) is -0.170. The first kappa shape index (κ1) is 13.2. The van der Waals surface area contributed by atoms with Crippen molar-refractivity contribution in [1.29, 1.82) is 0 Å². The fourth-order valence-electron chi connectivity index (χ4n) is 2.05. The van der Waals surface area contributed by atoms with Gasteiger partial charge in [-0.15, -0.1) is 0 Å². The molecule has 1 heterocycles. The Hall–Kier alpha value is -1.81. The van der Waals surface area contributed by atoms with E-state index in [0.717, 1.165) is 18.4 Å². The van der Waals surface area contributed by atoms with Crippen molar-refractivity contribution in [2.45, 2.75) is 26.4 Å². The molecule has 0 N–H and O–H groups in total. The highest BCUT2D eigenvalue weighted by Gasteiger charge is 2.31. The number of rotatable bonds is 3. The molecule has 3 rings (SSSR count). The van der Waals surface area contributed by atoms with Crippen molar-refractivity contribution in [2.24, 2.45) is 5.92 Å². The molecule has 1 aromatic carbocycles. The van der Waals surface area contributed by atoms with E-state index in [1.807, 2.05) is 6.92 Å². The Bertz CT molecular complexity index is 743. The van der Waals surface area contributed by atoms with Crippen LogP contribution in [0.25, 0.3) is 11.0 Å². The number of fused-ring (bicyclic) bond motifs is 1. The van der Waals surface area contributed by atoms with E-state index in [1.54, 1.807) is 12.1 Å². The predicted octanol–water partition coefficient (Wildman–Crippen LogP) is 3.21. The van der Waals surface area contributed by atoms with Crippen LogP contribution >= 0.6 is 11.6 Å². The lowest BCUT2D eigenvalue weighted by atomic mass is 10.1. The van der Waals surface area contributed by atoms with E-state index in [2.05, 4.69) is 0 Å². The van der Waals surface area contributed by atoms with Crippen LogP contribution in [0.5, 0.6) is 0 Å². The van der Waals surface area contributed by atoms with E-state index in [1.165, 1.54) is 6.07 Å². The molecule has 1 saturated carbocycles. The molecule has 0 atom stereocenters. The molecule has 0 radical (unpaired) electrons. The van der Waals surface area contributed by atoms with Crippen molar-refractivity contribution in [3.8, 4) is 0 Å². The summed E-state index contributed by atoms with van der Waals surface area (Å²) in [7, 11) is 0. The Morgan fingerprint density at radius 3 is 2.85 bits per heavy atom. The van der Waals surface area contributed by atoms with Gasteiger partial charge in [-0.1, -0.05) is 11.6 Å². The average molecular weight is 293 g/mol. The number of carbonyl (C=O) groups excluding carboxylic acids is 1. The first-order valence-corrected chi connectivity index (χ1v) is 6.82. The molecule has 1 aliphatic carbocycles. The van der Waals surface area contributed by atoms with Crippen molar-refractivity contribution in [2.75, 3.05) is 0 Å². The normalized spacial score (nSPS) is 14.5. The average Bonchev–Trinajstić information content (AvgIpc) is 3.22. The molecule has 4 nitrogen and oxygen atoms in total. The van der Waals surface area contributed by atoms with Crippen molar-refractivity contribution >= 4 is 28.5 Å². The molecular formula is C15H13ClO4. The highest BCUT2D eigenvalue weighted by atomic mass is 35.5. The van der Waals surface area contributed by atoms with E-state index in [4.69, 9.17) is 20.8 Å². The van der Waals surface area contributed by atoms with Crippen molar-refractivity contribution < 1.29 is 13.9 Å². The number of benzene rings is 1. The summed E-state index contributed by atoms with van der Waals surface area (Å²) < 4.78 is 10.4. The van der Waals surface area contributed by atoms with Gasteiger partial charge in [-0.25, -0.2) is 4.79 Å². The maximum absolute atomic E-state index is 11.6. The molecular weight excluding hydrogens is 280 g/mol. The predicted molar refractivity (Wildman–Crippen MR) is 74.8 cm³/mol. The standard InChI is InChI=1S/C15H13ClO4/c1-8-4-13-11(6-12(8)16)10(5-14(17)20-13)7-19-15(18)9-2-3-9/h4-6,9H,2-3,7H2,1H3. The first-order valence-electron chi connectivity index (χ1n) is 6.44. The zero-order valence-corrected chi connectivity index (χ0v) is 11.7. The number of esters is 1. The third kappa shape index (κ3) is 2.56. The summed E-state index contributed by atoms with van der Waals surface area (Å²) in [4.78, 5) is 23.1. The van der Waals surface area contributed by atoms with Gasteiger partial charge in [-0.2, -0.15) is 0 Å². The molecule has 1 aromatic heterocycles. The van der Waals surface area contributed by atoms with Gasteiger partial charge in [0, 0.05) is 22.0 Å². The summed E-state index contributed by atoms with van der Waals surface area (Å²) >= 11 is 6.10. The number of hydrogen-bond donors (Lipinski definition) is 0. The van der Waals surface area contributed by atoms with Crippen LogP contribution in [0, 0.1) is 12.8 Å². The highest BCUT2D eigenvalue weighted by Crippen LogP contribution is 2.31. The minimum absolute atomic E-state index is 0.0345.